The lowest BCUT2D eigenvalue weighted by molar-refractivity contribution is 0.0904. The van der Waals surface area contributed by atoms with E-state index >= 15 is 0 Å². The van der Waals surface area contributed by atoms with Crippen molar-refractivity contribution in [2.45, 2.75) is 25.8 Å². The third-order valence-corrected chi connectivity index (χ3v) is 4.64. The zero-order valence-electron chi connectivity index (χ0n) is 9.82. The van der Waals surface area contributed by atoms with Gasteiger partial charge in [-0.25, -0.2) is 0 Å². The van der Waals surface area contributed by atoms with Crippen molar-refractivity contribution >= 4 is 38.0 Å². The first-order valence-corrected chi connectivity index (χ1v) is 7.12. The second-order valence-corrected chi connectivity index (χ2v) is 6.60. The highest BCUT2D eigenvalue weighted by molar-refractivity contribution is 7.27. The summed E-state index contributed by atoms with van der Waals surface area (Å²) in [5.41, 5.74) is -0.372. The zero-order chi connectivity index (χ0) is 12.5. The van der Waals surface area contributed by atoms with E-state index in [1.54, 1.807) is 11.3 Å². The standard InChI is InChI=1S/C12H15NO2S2/c1-12(2,4-5-14)13-11(15)10-7-9-8(17-10)3-6-16-9/h3,6-7,14H,4-5H2,1-2H3,(H,13,15). The summed E-state index contributed by atoms with van der Waals surface area (Å²) in [5, 5.41) is 13.9. The van der Waals surface area contributed by atoms with E-state index < -0.39 is 0 Å². The minimum Gasteiger partial charge on any atom is -0.396 e. The summed E-state index contributed by atoms with van der Waals surface area (Å²) in [7, 11) is 0. The third-order valence-electron chi connectivity index (χ3n) is 2.55. The highest BCUT2D eigenvalue weighted by Gasteiger charge is 2.21. The average molecular weight is 269 g/mol. The van der Waals surface area contributed by atoms with Gasteiger partial charge in [-0.1, -0.05) is 0 Å². The van der Waals surface area contributed by atoms with Crippen LogP contribution in [0.25, 0.3) is 9.40 Å². The molecule has 0 atom stereocenters. The van der Waals surface area contributed by atoms with Gasteiger partial charge in [-0.15, -0.1) is 22.7 Å². The van der Waals surface area contributed by atoms with Crippen molar-refractivity contribution in [3.8, 4) is 0 Å². The highest BCUT2D eigenvalue weighted by Crippen LogP contribution is 2.30. The quantitative estimate of drug-likeness (QED) is 0.896. The van der Waals surface area contributed by atoms with Crippen molar-refractivity contribution in [1.82, 2.24) is 5.32 Å². The average Bonchev–Trinajstić information content (AvgIpc) is 2.74. The molecule has 2 heterocycles. The molecular weight excluding hydrogens is 254 g/mol. The van der Waals surface area contributed by atoms with Gasteiger partial charge in [0.1, 0.15) is 0 Å². The first-order valence-electron chi connectivity index (χ1n) is 5.42. The van der Waals surface area contributed by atoms with Crippen LogP contribution in [-0.4, -0.2) is 23.2 Å². The highest BCUT2D eigenvalue weighted by atomic mass is 32.1. The number of fused-ring (bicyclic) bond motifs is 1. The topological polar surface area (TPSA) is 49.3 Å². The lowest BCUT2D eigenvalue weighted by Gasteiger charge is -2.24. The van der Waals surface area contributed by atoms with E-state index in [0.29, 0.717) is 6.42 Å². The maximum atomic E-state index is 12.0. The molecule has 0 aromatic carbocycles. The van der Waals surface area contributed by atoms with E-state index in [1.165, 1.54) is 11.3 Å². The van der Waals surface area contributed by atoms with Crippen LogP contribution in [0.1, 0.15) is 29.9 Å². The molecule has 0 bridgehead atoms. The van der Waals surface area contributed by atoms with Crippen molar-refractivity contribution in [3.05, 3.63) is 22.4 Å². The van der Waals surface area contributed by atoms with Gasteiger partial charge >= 0.3 is 0 Å². The van der Waals surface area contributed by atoms with Gasteiger partial charge in [-0.3, -0.25) is 4.79 Å². The lowest BCUT2D eigenvalue weighted by atomic mass is 10.0. The molecule has 0 unspecified atom stereocenters. The third kappa shape index (κ3) is 2.86. The van der Waals surface area contributed by atoms with Crippen LogP contribution < -0.4 is 5.32 Å². The summed E-state index contributed by atoms with van der Waals surface area (Å²) in [4.78, 5) is 12.8. The molecule has 0 aliphatic rings. The van der Waals surface area contributed by atoms with E-state index in [1.807, 2.05) is 31.4 Å². The van der Waals surface area contributed by atoms with Crippen LogP contribution in [-0.2, 0) is 0 Å². The maximum absolute atomic E-state index is 12.0. The fraction of sp³-hybridized carbons (Fsp3) is 0.417. The molecule has 1 amide bonds. The van der Waals surface area contributed by atoms with Crippen LogP contribution in [0.4, 0.5) is 0 Å². The Morgan fingerprint density at radius 3 is 2.88 bits per heavy atom. The van der Waals surface area contributed by atoms with Crippen molar-refractivity contribution in [1.29, 1.82) is 0 Å². The van der Waals surface area contributed by atoms with Gasteiger partial charge in [0.2, 0.25) is 0 Å². The van der Waals surface area contributed by atoms with Crippen LogP contribution in [0.15, 0.2) is 17.5 Å². The number of thiophene rings is 2. The van der Waals surface area contributed by atoms with Gasteiger partial charge in [0.25, 0.3) is 5.91 Å². The summed E-state index contributed by atoms with van der Waals surface area (Å²) in [6.07, 6.45) is 0.554. The zero-order valence-corrected chi connectivity index (χ0v) is 11.5. The summed E-state index contributed by atoms with van der Waals surface area (Å²) in [6.45, 7) is 3.90. The van der Waals surface area contributed by atoms with Gasteiger partial charge in [-0.2, -0.15) is 0 Å². The molecule has 5 heteroatoms. The van der Waals surface area contributed by atoms with Crippen LogP contribution >= 0.6 is 22.7 Å². The normalized spacial score (nSPS) is 11.9. The molecule has 0 spiro atoms. The summed E-state index contributed by atoms with van der Waals surface area (Å²) < 4.78 is 2.31. The molecule has 0 saturated heterocycles. The summed E-state index contributed by atoms with van der Waals surface area (Å²) in [6, 6.07) is 3.95. The van der Waals surface area contributed by atoms with Crippen LogP contribution in [0.5, 0.6) is 0 Å². The Morgan fingerprint density at radius 2 is 2.24 bits per heavy atom. The molecule has 3 nitrogen and oxygen atoms in total. The number of carbonyl (C=O) groups excluding carboxylic acids is 1. The first-order chi connectivity index (χ1) is 8.02. The van der Waals surface area contributed by atoms with Gasteiger partial charge in [0.15, 0.2) is 0 Å². The molecule has 0 fully saturated rings. The van der Waals surface area contributed by atoms with Crippen LogP contribution in [0.2, 0.25) is 0 Å². The number of hydrogen-bond donors (Lipinski definition) is 2. The minimum absolute atomic E-state index is 0.0585. The van der Waals surface area contributed by atoms with Crippen molar-refractivity contribution < 1.29 is 9.90 Å². The predicted octanol–water partition coefficient (Wildman–Crippen LogP) is 2.85. The molecule has 92 valence electrons. The molecule has 0 radical (unpaired) electrons. The maximum Gasteiger partial charge on any atom is 0.261 e. The number of hydrogen-bond acceptors (Lipinski definition) is 4. The Hall–Kier alpha value is -0.910. The summed E-state index contributed by atoms with van der Waals surface area (Å²) in [5.74, 6) is -0.0585. The Kier molecular flexibility index (Phi) is 3.51. The van der Waals surface area contributed by atoms with E-state index in [0.717, 1.165) is 14.3 Å². The van der Waals surface area contributed by atoms with E-state index in [2.05, 4.69) is 5.32 Å². The van der Waals surface area contributed by atoms with E-state index in [4.69, 9.17) is 5.11 Å². The summed E-state index contributed by atoms with van der Waals surface area (Å²) >= 11 is 3.15. The molecule has 0 aliphatic heterocycles. The number of amides is 1. The number of nitrogens with one attached hydrogen (secondary N) is 1. The van der Waals surface area contributed by atoms with Gasteiger partial charge in [0.05, 0.1) is 4.88 Å². The fourth-order valence-electron chi connectivity index (χ4n) is 1.59. The van der Waals surface area contributed by atoms with Crippen LogP contribution in [0.3, 0.4) is 0 Å². The Morgan fingerprint density at radius 1 is 1.47 bits per heavy atom. The molecule has 17 heavy (non-hydrogen) atoms. The van der Waals surface area contributed by atoms with Gasteiger partial charge in [0, 0.05) is 21.5 Å². The second-order valence-electron chi connectivity index (χ2n) is 4.57. The van der Waals surface area contributed by atoms with Crippen molar-refractivity contribution in [2.24, 2.45) is 0 Å². The molecule has 0 saturated carbocycles. The molecule has 0 aliphatic carbocycles. The minimum atomic E-state index is -0.372. The Bertz CT molecular complexity index is 499. The Labute approximate surface area is 108 Å². The van der Waals surface area contributed by atoms with E-state index in [9.17, 15) is 4.79 Å². The Balaban J connectivity index is 2.12. The number of rotatable bonds is 4. The predicted molar refractivity (Wildman–Crippen MR) is 73.0 cm³/mol. The van der Waals surface area contributed by atoms with Crippen LogP contribution in [0, 0.1) is 0 Å². The second kappa shape index (κ2) is 4.76. The molecule has 2 rings (SSSR count). The molecular formula is C12H15NO2S2. The molecule has 2 aromatic rings. The SMILES string of the molecule is CC(C)(CCO)NC(=O)c1cc2sccc2s1. The van der Waals surface area contributed by atoms with E-state index in [-0.39, 0.29) is 18.1 Å². The van der Waals surface area contributed by atoms with Crippen molar-refractivity contribution in [3.63, 3.8) is 0 Å². The lowest BCUT2D eigenvalue weighted by Crippen LogP contribution is -2.43. The molecule has 2 aromatic heterocycles. The number of carbonyl (C=O) groups is 1. The number of aliphatic hydroxyl groups is 1. The largest absolute Gasteiger partial charge is 0.396 e. The smallest absolute Gasteiger partial charge is 0.261 e. The molecule has 2 N–H and O–H groups in total. The van der Waals surface area contributed by atoms with Crippen molar-refractivity contribution in [2.75, 3.05) is 6.61 Å². The fourth-order valence-corrected chi connectivity index (χ4v) is 3.59. The van der Waals surface area contributed by atoms with Gasteiger partial charge < -0.3 is 10.4 Å². The van der Waals surface area contributed by atoms with Gasteiger partial charge in [-0.05, 0) is 37.8 Å². The first kappa shape index (κ1) is 12.5. The number of aliphatic hydroxyl groups excluding tert-OH is 1. The monoisotopic (exact) mass is 269 g/mol.